The van der Waals surface area contributed by atoms with Crippen molar-refractivity contribution >= 4 is 0 Å². The highest BCUT2D eigenvalue weighted by molar-refractivity contribution is 5.36. The molecule has 1 aromatic carbocycles. The molecule has 0 saturated carbocycles. The minimum absolute atomic E-state index is 0.118. The molecule has 1 N–H and O–H groups in total. The van der Waals surface area contributed by atoms with Gasteiger partial charge in [-0.3, -0.25) is 0 Å². The van der Waals surface area contributed by atoms with Crippen LogP contribution in [-0.2, 0) is 19.8 Å². The van der Waals surface area contributed by atoms with Crippen LogP contribution in [0.3, 0.4) is 0 Å². The smallest absolute Gasteiger partial charge is 0.132 e. The lowest BCUT2D eigenvalue weighted by Crippen LogP contribution is -2.11. The van der Waals surface area contributed by atoms with Gasteiger partial charge in [0, 0.05) is 6.54 Å². The normalized spacial score (nSPS) is 11.2. The average molecular weight is 303 g/mol. The standard InChI is InChI=1S/C17H25N3O2/c1-12(2)7-8-20-16(15(10-21)18-19-20)11-22-17-9-13(3)5-6-14(17)4/h5-6,9,12,21H,7-8,10-11H2,1-4H3. The first-order valence-corrected chi connectivity index (χ1v) is 7.73. The molecule has 0 saturated heterocycles. The molecule has 0 atom stereocenters. The second-order valence-electron chi connectivity index (χ2n) is 6.10. The highest BCUT2D eigenvalue weighted by Crippen LogP contribution is 2.21. The lowest BCUT2D eigenvalue weighted by Gasteiger charge is -2.12. The molecule has 0 spiro atoms. The summed E-state index contributed by atoms with van der Waals surface area (Å²) in [7, 11) is 0. The van der Waals surface area contributed by atoms with E-state index < -0.39 is 0 Å². The minimum Gasteiger partial charge on any atom is -0.487 e. The fourth-order valence-corrected chi connectivity index (χ4v) is 2.22. The predicted molar refractivity (Wildman–Crippen MR) is 85.6 cm³/mol. The summed E-state index contributed by atoms with van der Waals surface area (Å²) >= 11 is 0. The van der Waals surface area contributed by atoms with Crippen molar-refractivity contribution < 1.29 is 9.84 Å². The lowest BCUT2D eigenvalue weighted by molar-refractivity contribution is 0.260. The Bertz CT molecular complexity index is 620. The molecule has 1 heterocycles. The summed E-state index contributed by atoms with van der Waals surface area (Å²) in [4.78, 5) is 0. The van der Waals surface area contributed by atoms with E-state index in [4.69, 9.17) is 4.74 Å². The number of hydrogen-bond donors (Lipinski definition) is 1. The number of rotatable bonds is 7. The quantitative estimate of drug-likeness (QED) is 0.854. The maximum atomic E-state index is 9.43. The molecule has 5 nitrogen and oxygen atoms in total. The van der Waals surface area contributed by atoms with Crippen molar-refractivity contribution in [2.75, 3.05) is 0 Å². The van der Waals surface area contributed by atoms with Crippen molar-refractivity contribution in [1.82, 2.24) is 15.0 Å². The van der Waals surface area contributed by atoms with Crippen LogP contribution in [0.15, 0.2) is 18.2 Å². The van der Waals surface area contributed by atoms with Gasteiger partial charge < -0.3 is 9.84 Å². The van der Waals surface area contributed by atoms with Crippen LogP contribution in [0.4, 0.5) is 0 Å². The molecule has 0 aliphatic rings. The topological polar surface area (TPSA) is 60.2 Å². The molecular formula is C17H25N3O2. The van der Waals surface area contributed by atoms with Crippen molar-refractivity contribution in [3.8, 4) is 5.75 Å². The zero-order valence-electron chi connectivity index (χ0n) is 13.8. The number of aromatic nitrogens is 3. The van der Waals surface area contributed by atoms with E-state index in [2.05, 4.69) is 30.2 Å². The summed E-state index contributed by atoms with van der Waals surface area (Å²) in [5, 5.41) is 17.6. The summed E-state index contributed by atoms with van der Waals surface area (Å²) in [6.45, 7) is 9.46. The van der Waals surface area contributed by atoms with Gasteiger partial charge in [-0.2, -0.15) is 0 Å². The van der Waals surface area contributed by atoms with E-state index in [9.17, 15) is 5.11 Å². The lowest BCUT2D eigenvalue weighted by atomic mass is 10.1. The molecule has 0 fully saturated rings. The van der Waals surface area contributed by atoms with E-state index >= 15 is 0 Å². The fourth-order valence-electron chi connectivity index (χ4n) is 2.22. The van der Waals surface area contributed by atoms with Gasteiger partial charge in [-0.05, 0) is 43.4 Å². The van der Waals surface area contributed by atoms with Crippen LogP contribution in [0.25, 0.3) is 0 Å². The molecule has 5 heteroatoms. The van der Waals surface area contributed by atoms with Crippen molar-refractivity contribution in [1.29, 1.82) is 0 Å². The van der Waals surface area contributed by atoms with Gasteiger partial charge in [0.05, 0.1) is 6.61 Å². The molecule has 2 rings (SSSR count). The van der Waals surface area contributed by atoms with E-state index in [0.717, 1.165) is 35.5 Å². The van der Waals surface area contributed by atoms with Gasteiger partial charge in [-0.15, -0.1) is 5.10 Å². The first-order chi connectivity index (χ1) is 10.5. The monoisotopic (exact) mass is 303 g/mol. The molecule has 2 aromatic rings. The second kappa shape index (κ2) is 7.40. The largest absolute Gasteiger partial charge is 0.487 e. The van der Waals surface area contributed by atoms with Gasteiger partial charge in [0.25, 0.3) is 0 Å². The van der Waals surface area contributed by atoms with Crippen molar-refractivity contribution in [2.24, 2.45) is 5.92 Å². The van der Waals surface area contributed by atoms with Crippen molar-refractivity contribution in [3.05, 3.63) is 40.7 Å². The Morgan fingerprint density at radius 1 is 1.27 bits per heavy atom. The zero-order valence-corrected chi connectivity index (χ0v) is 13.8. The Labute approximate surface area is 131 Å². The van der Waals surface area contributed by atoms with E-state index in [0.29, 0.717) is 18.2 Å². The molecule has 0 unspecified atom stereocenters. The third-order valence-electron chi connectivity index (χ3n) is 3.69. The van der Waals surface area contributed by atoms with Crippen molar-refractivity contribution in [3.63, 3.8) is 0 Å². The number of aliphatic hydroxyl groups is 1. The van der Waals surface area contributed by atoms with Gasteiger partial charge in [-0.1, -0.05) is 31.2 Å². The highest BCUT2D eigenvalue weighted by atomic mass is 16.5. The number of aryl methyl sites for hydroxylation is 3. The predicted octanol–water partition coefficient (Wildman–Crippen LogP) is 3.01. The molecule has 0 radical (unpaired) electrons. The first kappa shape index (κ1) is 16.5. The Balaban J connectivity index is 2.13. The van der Waals surface area contributed by atoms with Gasteiger partial charge in [-0.25, -0.2) is 4.68 Å². The van der Waals surface area contributed by atoms with Crippen LogP contribution >= 0.6 is 0 Å². The van der Waals surface area contributed by atoms with Crippen LogP contribution in [-0.4, -0.2) is 20.1 Å². The van der Waals surface area contributed by atoms with Crippen molar-refractivity contribution in [2.45, 2.75) is 53.9 Å². The number of hydrogen-bond acceptors (Lipinski definition) is 4. The van der Waals surface area contributed by atoms with E-state index in [1.54, 1.807) is 0 Å². The third kappa shape index (κ3) is 4.07. The Morgan fingerprint density at radius 3 is 2.73 bits per heavy atom. The molecule has 22 heavy (non-hydrogen) atoms. The summed E-state index contributed by atoms with van der Waals surface area (Å²) in [6.07, 6.45) is 1.02. The molecule has 0 aliphatic carbocycles. The summed E-state index contributed by atoms with van der Waals surface area (Å²) in [5.41, 5.74) is 3.70. The van der Waals surface area contributed by atoms with Gasteiger partial charge >= 0.3 is 0 Å². The van der Waals surface area contributed by atoms with Gasteiger partial charge in [0.15, 0.2) is 0 Å². The Morgan fingerprint density at radius 2 is 2.05 bits per heavy atom. The molecule has 0 amide bonds. The van der Waals surface area contributed by atoms with Gasteiger partial charge in [0.1, 0.15) is 23.7 Å². The van der Waals surface area contributed by atoms with Crippen LogP contribution in [0.2, 0.25) is 0 Å². The Kier molecular flexibility index (Phi) is 5.55. The molecule has 1 aromatic heterocycles. The zero-order chi connectivity index (χ0) is 16.1. The van der Waals surface area contributed by atoms with E-state index in [-0.39, 0.29) is 6.61 Å². The molecule has 0 aliphatic heterocycles. The minimum atomic E-state index is -0.118. The number of aliphatic hydroxyl groups excluding tert-OH is 1. The highest BCUT2D eigenvalue weighted by Gasteiger charge is 2.14. The van der Waals surface area contributed by atoms with E-state index in [1.807, 2.05) is 30.7 Å². The average Bonchev–Trinajstić information content (AvgIpc) is 2.88. The first-order valence-electron chi connectivity index (χ1n) is 7.73. The maximum absolute atomic E-state index is 9.43. The number of ether oxygens (including phenoxy) is 1. The molecule has 120 valence electrons. The summed E-state index contributed by atoms with van der Waals surface area (Å²) in [5.74, 6) is 1.45. The molecular weight excluding hydrogens is 278 g/mol. The van der Waals surface area contributed by atoms with Gasteiger partial charge in [0.2, 0.25) is 0 Å². The van der Waals surface area contributed by atoms with Crippen LogP contribution in [0.1, 0.15) is 42.8 Å². The van der Waals surface area contributed by atoms with Crippen LogP contribution < -0.4 is 4.74 Å². The summed E-state index contributed by atoms with van der Waals surface area (Å²) < 4.78 is 7.78. The Hall–Kier alpha value is -1.88. The van der Waals surface area contributed by atoms with Crippen LogP contribution in [0.5, 0.6) is 5.75 Å². The van der Waals surface area contributed by atoms with Crippen LogP contribution in [0, 0.1) is 19.8 Å². The summed E-state index contributed by atoms with van der Waals surface area (Å²) in [6, 6.07) is 6.14. The number of nitrogens with zero attached hydrogens (tertiary/aromatic N) is 3. The second-order valence-corrected chi connectivity index (χ2v) is 6.10. The molecule has 0 bridgehead atoms. The van der Waals surface area contributed by atoms with E-state index in [1.165, 1.54) is 0 Å². The third-order valence-corrected chi connectivity index (χ3v) is 3.69. The fraction of sp³-hybridized carbons (Fsp3) is 0.529. The SMILES string of the molecule is Cc1ccc(C)c(OCc2c(CO)nnn2CCC(C)C)c1. The number of benzene rings is 1. The maximum Gasteiger partial charge on any atom is 0.132 e.